The second-order valence-corrected chi connectivity index (χ2v) is 5.76. The summed E-state index contributed by atoms with van der Waals surface area (Å²) in [6, 6.07) is 2.55. The molecule has 1 aromatic rings. The number of nitrogens with one attached hydrogen (secondary N) is 1. The molecule has 1 saturated carbocycles. The molecular weight excluding hydrogens is 273 g/mol. The third kappa shape index (κ3) is 3.02. The topological polar surface area (TPSA) is 55.2 Å². The van der Waals surface area contributed by atoms with E-state index in [4.69, 9.17) is 0 Å². The first-order valence-corrected chi connectivity index (χ1v) is 6.21. The van der Waals surface area contributed by atoms with Gasteiger partial charge in [0.15, 0.2) is 0 Å². The predicted octanol–water partition coefficient (Wildman–Crippen LogP) is 4.07. The molecule has 1 aromatic carbocycles. The molecule has 1 atom stereocenters. The first-order valence-electron chi connectivity index (χ1n) is 6.21. The average Bonchev–Trinajstić information content (AvgIpc) is 2.93. The van der Waals surface area contributed by atoms with Crippen LogP contribution in [0.3, 0.4) is 0 Å². The fraction of sp³-hybridized carbons (Fsp3) is 0.538. The summed E-state index contributed by atoms with van der Waals surface area (Å²) in [6.07, 6.45) is -3.57. The lowest BCUT2D eigenvalue weighted by Gasteiger charge is -2.11. The van der Waals surface area contributed by atoms with E-state index in [1.165, 1.54) is 0 Å². The van der Waals surface area contributed by atoms with Crippen LogP contribution in [-0.2, 0) is 6.18 Å². The zero-order chi connectivity index (χ0) is 15.1. The number of hydrogen-bond donors (Lipinski definition) is 1. The van der Waals surface area contributed by atoms with Crippen LogP contribution in [0, 0.1) is 21.4 Å². The van der Waals surface area contributed by atoms with Crippen LogP contribution in [0.25, 0.3) is 0 Å². The fourth-order valence-corrected chi connectivity index (χ4v) is 2.17. The van der Waals surface area contributed by atoms with Crippen molar-refractivity contribution < 1.29 is 18.1 Å². The molecule has 2 rings (SSSR count). The Labute approximate surface area is 114 Å². The van der Waals surface area contributed by atoms with E-state index >= 15 is 0 Å². The smallest absolute Gasteiger partial charge is 0.379 e. The van der Waals surface area contributed by atoms with Gasteiger partial charge in [-0.2, -0.15) is 13.2 Å². The molecular formula is C13H15F3N2O2. The van der Waals surface area contributed by atoms with Crippen molar-refractivity contribution >= 4 is 11.4 Å². The fourth-order valence-electron chi connectivity index (χ4n) is 2.17. The quantitative estimate of drug-likeness (QED) is 0.671. The van der Waals surface area contributed by atoms with Crippen LogP contribution in [0.5, 0.6) is 0 Å². The number of rotatable bonds is 4. The highest BCUT2D eigenvalue weighted by molar-refractivity contribution is 5.63. The molecule has 1 unspecified atom stereocenters. The number of anilines is 1. The summed E-state index contributed by atoms with van der Waals surface area (Å²) in [4.78, 5) is 10.1. The molecule has 1 fully saturated rings. The largest absolute Gasteiger partial charge is 0.416 e. The zero-order valence-electron chi connectivity index (χ0n) is 11.1. The van der Waals surface area contributed by atoms with Crippen molar-refractivity contribution in [1.29, 1.82) is 0 Å². The number of nitro groups is 1. The maximum absolute atomic E-state index is 12.5. The Morgan fingerprint density at radius 3 is 2.50 bits per heavy atom. The Morgan fingerprint density at radius 1 is 1.45 bits per heavy atom. The molecule has 1 N–H and O–H groups in total. The van der Waals surface area contributed by atoms with Gasteiger partial charge in [0, 0.05) is 12.6 Å². The van der Waals surface area contributed by atoms with Crippen LogP contribution in [0.1, 0.15) is 25.8 Å². The molecule has 4 nitrogen and oxygen atoms in total. The van der Waals surface area contributed by atoms with E-state index in [9.17, 15) is 23.3 Å². The third-order valence-electron chi connectivity index (χ3n) is 3.78. The van der Waals surface area contributed by atoms with Crippen molar-refractivity contribution in [2.24, 2.45) is 11.3 Å². The van der Waals surface area contributed by atoms with Gasteiger partial charge in [-0.1, -0.05) is 13.8 Å². The summed E-state index contributed by atoms with van der Waals surface area (Å²) < 4.78 is 37.6. The summed E-state index contributed by atoms with van der Waals surface area (Å²) >= 11 is 0. The highest BCUT2D eigenvalue weighted by atomic mass is 19.4. The minimum Gasteiger partial charge on any atom is -0.379 e. The van der Waals surface area contributed by atoms with E-state index in [2.05, 4.69) is 19.2 Å². The Bertz CT molecular complexity index is 541. The standard InChI is InChI=1S/C13H15F3N2O2/c1-12(2)6-9(12)7-17-10-4-3-8(13(14,15)16)5-11(10)18(19)20/h3-5,9,17H,6-7H2,1-2H3. The average molecular weight is 288 g/mol. The number of nitro benzene ring substituents is 1. The molecule has 0 aromatic heterocycles. The summed E-state index contributed by atoms with van der Waals surface area (Å²) in [5.41, 5.74) is -1.22. The summed E-state index contributed by atoms with van der Waals surface area (Å²) in [6.45, 7) is 4.69. The summed E-state index contributed by atoms with van der Waals surface area (Å²) in [5.74, 6) is 0.393. The van der Waals surface area contributed by atoms with Crippen LogP contribution < -0.4 is 5.32 Å². The zero-order valence-corrected chi connectivity index (χ0v) is 11.1. The van der Waals surface area contributed by atoms with Gasteiger partial charge in [0.2, 0.25) is 0 Å². The second-order valence-electron chi connectivity index (χ2n) is 5.76. The molecule has 1 aliphatic rings. The maximum atomic E-state index is 12.5. The van der Waals surface area contributed by atoms with E-state index in [1.54, 1.807) is 0 Å². The van der Waals surface area contributed by atoms with Gasteiger partial charge < -0.3 is 5.32 Å². The van der Waals surface area contributed by atoms with E-state index in [-0.39, 0.29) is 11.1 Å². The molecule has 0 heterocycles. The Kier molecular flexibility index (Phi) is 3.39. The lowest BCUT2D eigenvalue weighted by atomic mass is 10.1. The van der Waals surface area contributed by atoms with Crippen molar-refractivity contribution in [3.05, 3.63) is 33.9 Å². The number of alkyl halides is 3. The molecule has 20 heavy (non-hydrogen) atoms. The minimum absolute atomic E-state index is 0.130. The van der Waals surface area contributed by atoms with Crippen LogP contribution in [-0.4, -0.2) is 11.5 Å². The molecule has 0 spiro atoms. The number of halogens is 3. The van der Waals surface area contributed by atoms with Gasteiger partial charge in [0.1, 0.15) is 5.69 Å². The van der Waals surface area contributed by atoms with Crippen molar-refractivity contribution in [3.8, 4) is 0 Å². The third-order valence-corrected chi connectivity index (χ3v) is 3.78. The predicted molar refractivity (Wildman–Crippen MR) is 68.5 cm³/mol. The van der Waals surface area contributed by atoms with Crippen LogP contribution in [0.4, 0.5) is 24.5 Å². The number of nitrogens with zero attached hydrogens (tertiary/aromatic N) is 1. The van der Waals surface area contributed by atoms with E-state index < -0.39 is 22.4 Å². The lowest BCUT2D eigenvalue weighted by molar-refractivity contribution is -0.384. The monoisotopic (exact) mass is 288 g/mol. The van der Waals surface area contributed by atoms with Crippen molar-refractivity contribution in [1.82, 2.24) is 0 Å². The first-order chi connectivity index (χ1) is 9.11. The highest BCUT2D eigenvalue weighted by Gasteiger charge is 2.45. The Morgan fingerprint density at radius 2 is 2.05 bits per heavy atom. The normalized spacial score (nSPS) is 20.6. The van der Waals surface area contributed by atoms with Crippen molar-refractivity contribution in [3.63, 3.8) is 0 Å². The molecule has 7 heteroatoms. The van der Waals surface area contributed by atoms with Gasteiger partial charge in [-0.05, 0) is 29.9 Å². The molecule has 0 aliphatic heterocycles. The second kappa shape index (κ2) is 4.64. The maximum Gasteiger partial charge on any atom is 0.416 e. The van der Waals surface area contributed by atoms with Gasteiger partial charge in [-0.15, -0.1) is 0 Å². The van der Waals surface area contributed by atoms with Crippen molar-refractivity contribution in [2.75, 3.05) is 11.9 Å². The van der Waals surface area contributed by atoms with Gasteiger partial charge in [-0.3, -0.25) is 10.1 Å². The highest BCUT2D eigenvalue weighted by Crippen LogP contribution is 2.51. The molecule has 0 radical (unpaired) electrons. The molecule has 110 valence electrons. The van der Waals surface area contributed by atoms with Crippen LogP contribution >= 0.6 is 0 Å². The molecule has 0 saturated heterocycles. The van der Waals surface area contributed by atoms with E-state index in [1.807, 2.05) is 0 Å². The van der Waals surface area contributed by atoms with Gasteiger partial charge >= 0.3 is 6.18 Å². The minimum atomic E-state index is -4.58. The SMILES string of the molecule is CC1(C)CC1CNc1ccc(C(F)(F)F)cc1[N+](=O)[O-]. The number of hydrogen-bond acceptors (Lipinski definition) is 3. The van der Waals surface area contributed by atoms with Crippen LogP contribution in [0.15, 0.2) is 18.2 Å². The Balaban J connectivity index is 2.18. The van der Waals surface area contributed by atoms with Gasteiger partial charge in [-0.25, -0.2) is 0 Å². The van der Waals surface area contributed by atoms with Crippen molar-refractivity contribution in [2.45, 2.75) is 26.4 Å². The van der Waals surface area contributed by atoms with Gasteiger partial charge in [0.25, 0.3) is 5.69 Å². The van der Waals surface area contributed by atoms with E-state index in [0.717, 1.165) is 18.6 Å². The van der Waals surface area contributed by atoms with E-state index in [0.29, 0.717) is 18.5 Å². The Hall–Kier alpha value is -1.79. The summed E-state index contributed by atoms with van der Waals surface area (Å²) in [7, 11) is 0. The number of benzene rings is 1. The molecule has 1 aliphatic carbocycles. The molecule has 0 bridgehead atoms. The van der Waals surface area contributed by atoms with Gasteiger partial charge in [0.05, 0.1) is 10.5 Å². The van der Waals surface area contributed by atoms with Crippen LogP contribution in [0.2, 0.25) is 0 Å². The first kappa shape index (κ1) is 14.6. The summed E-state index contributed by atoms with van der Waals surface area (Å²) in [5, 5.41) is 13.8. The lowest BCUT2D eigenvalue weighted by Crippen LogP contribution is -2.11. The molecule has 0 amide bonds.